The van der Waals surface area contributed by atoms with Gasteiger partial charge in [0.15, 0.2) is 6.17 Å². The Morgan fingerprint density at radius 2 is 1.29 bits per heavy atom. The summed E-state index contributed by atoms with van der Waals surface area (Å²) in [4.78, 5) is 0. The molecule has 1 unspecified atom stereocenters. The second kappa shape index (κ2) is 8.81. The number of unbranched alkanes of at least 4 members (excludes halogenated alkanes) is 3. The summed E-state index contributed by atoms with van der Waals surface area (Å²) in [6, 6.07) is 0. The second-order valence-corrected chi connectivity index (χ2v) is 8.22. The van der Waals surface area contributed by atoms with Gasteiger partial charge in [0.05, 0.1) is 0 Å². The lowest BCUT2D eigenvalue weighted by Crippen LogP contribution is -2.72. The Bertz CT molecular complexity index is 370. The predicted molar refractivity (Wildman–Crippen MR) is 75.3 cm³/mol. The molecule has 3 nitrogen and oxygen atoms in total. The van der Waals surface area contributed by atoms with Crippen LogP contribution in [0.4, 0.5) is 30.7 Å². The SMILES string of the molecule is CCCCCCC(F)C(F)(F)C(F)(F)C(F)(F)[Si](OC)(OC)OC. The molecule has 0 N–H and O–H groups in total. The maximum Gasteiger partial charge on any atom is 0.581 e. The lowest BCUT2D eigenvalue weighted by molar-refractivity contribution is -0.314. The van der Waals surface area contributed by atoms with Gasteiger partial charge < -0.3 is 13.3 Å². The van der Waals surface area contributed by atoms with Crippen molar-refractivity contribution in [1.82, 2.24) is 0 Å². The van der Waals surface area contributed by atoms with Crippen LogP contribution in [0.1, 0.15) is 39.0 Å². The first-order valence-corrected chi connectivity index (χ1v) is 9.07. The molecule has 146 valence electrons. The van der Waals surface area contributed by atoms with Crippen molar-refractivity contribution in [3.63, 3.8) is 0 Å². The van der Waals surface area contributed by atoms with Gasteiger partial charge in [0, 0.05) is 21.3 Å². The van der Waals surface area contributed by atoms with Crippen LogP contribution in [-0.4, -0.2) is 53.7 Å². The Morgan fingerprint density at radius 1 is 0.833 bits per heavy atom. The van der Waals surface area contributed by atoms with Crippen molar-refractivity contribution in [3.8, 4) is 0 Å². The first-order chi connectivity index (χ1) is 10.9. The highest BCUT2D eigenvalue weighted by atomic mass is 28.4. The van der Waals surface area contributed by atoms with Crippen molar-refractivity contribution in [2.45, 2.75) is 62.6 Å². The van der Waals surface area contributed by atoms with Crippen LogP contribution in [0.15, 0.2) is 0 Å². The van der Waals surface area contributed by atoms with Gasteiger partial charge in [-0.15, -0.1) is 0 Å². The van der Waals surface area contributed by atoms with E-state index in [1.807, 2.05) is 0 Å². The zero-order chi connectivity index (χ0) is 19.2. The van der Waals surface area contributed by atoms with Crippen LogP contribution in [0.2, 0.25) is 0 Å². The average Bonchev–Trinajstić information content (AvgIpc) is 2.52. The lowest BCUT2D eigenvalue weighted by atomic mass is 10.0. The van der Waals surface area contributed by atoms with E-state index in [1.54, 1.807) is 6.92 Å². The van der Waals surface area contributed by atoms with Gasteiger partial charge in [-0.3, -0.25) is 0 Å². The summed E-state index contributed by atoms with van der Waals surface area (Å²) in [6.07, 6.45) is -2.87. The van der Waals surface area contributed by atoms with E-state index in [4.69, 9.17) is 0 Å². The molecular formula is C13H23F7O3Si. The molecule has 0 spiro atoms. The smallest absolute Gasteiger partial charge is 0.373 e. The molecule has 0 aromatic carbocycles. The molecule has 11 heteroatoms. The molecule has 0 bridgehead atoms. The normalized spacial score (nSPS) is 15.6. The first kappa shape index (κ1) is 23.6. The Balaban J connectivity index is 5.49. The molecular weight excluding hydrogens is 365 g/mol. The minimum Gasteiger partial charge on any atom is -0.373 e. The average molecular weight is 388 g/mol. The molecule has 0 fully saturated rings. The maximum absolute atomic E-state index is 14.1. The van der Waals surface area contributed by atoms with E-state index in [-0.39, 0.29) is 6.42 Å². The summed E-state index contributed by atoms with van der Waals surface area (Å²) in [5.41, 5.74) is -5.53. The topological polar surface area (TPSA) is 27.7 Å². The fourth-order valence-electron chi connectivity index (χ4n) is 2.16. The van der Waals surface area contributed by atoms with Crippen molar-refractivity contribution in [1.29, 1.82) is 0 Å². The number of hydrogen-bond acceptors (Lipinski definition) is 3. The molecule has 0 aromatic rings. The van der Waals surface area contributed by atoms with Gasteiger partial charge in [0.2, 0.25) is 0 Å². The minimum atomic E-state index is -6.06. The Kier molecular flexibility index (Phi) is 8.67. The predicted octanol–water partition coefficient (Wildman–Crippen LogP) is 4.62. The molecule has 1 atom stereocenters. The van der Waals surface area contributed by atoms with Crippen molar-refractivity contribution >= 4 is 8.80 Å². The van der Waals surface area contributed by atoms with Gasteiger partial charge >= 0.3 is 26.2 Å². The molecule has 0 radical (unpaired) electrons. The van der Waals surface area contributed by atoms with Gasteiger partial charge in [-0.05, 0) is 6.42 Å². The lowest BCUT2D eigenvalue weighted by Gasteiger charge is -2.39. The molecule has 0 aliphatic carbocycles. The van der Waals surface area contributed by atoms with E-state index >= 15 is 0 Å². The Morgan fingerprint density at radius 3 is 1.67 bits per heavy atom. The van der Waals surface area contributed by atoms with Crippen LogP contribution in [0.25, 0.3) is 0 Å². The minimum absolute atomic E-state index is 0.117. The first-order valence-electron chi connectivity index (χ1n) is 7.34. The number of hydrogen-bond donors (Lipinski definition) is 0. The highest BCUT2D eigenvalue weighted by molar-refractivity contribution is 6.63. The van der Waals surface area contributed by atoms with Crippen LogP contribution in [0.3, 0.4) is 0 Å². The molecule has 24 heavy (non-hydrogen) atoms. The molecule has 0 saturated heterocycles. The van der Waals surface area contributed by atoms with Crippen molar-refractivity contribution < 1.29 is 44.0 Å². The highest BCUT2D eigenvalue weighted by Gasteiger charge is 2.85. The van der Waals surface area contributed by atoms with E-state index in [1.165, 1.54) is 0 Å². The number of rotatable bonds is 12. The fraction of sp³-hybridized carbons (Fsp3) is 1.00. The zero-order valence-electron chi connectivity index (χ0n) is 14.0. The molecule has 0 aliphatic heterocycles. The third-order valence-corrected chi connectivity index (χ3v) is 6.40. The summed E-state index contributed by atoms with van der Waals surface area (Å²) in [6.45, 7) is 1.81. The third kappa shape index (κ3) is 4.05. The van der Waals surface area contributed by atoms with Gasteiger partial charge in [-0.1, -0.05) is 32.6 Å². The van der Waals surface area contributed by atoms with Crippen LogP contribution >= 0.6 is 0 Å². The third-order valence-electron chi connectivity index (χ3n) is 3.71. The Hall–Kier alpha value is -0.393. The monoisotopic (exact) mass is 388 g/mol. The largest absolute Gasteiger partial charge is 0.581 e. The van der Waals surface area contributed by atoms with E-state index in [2.05, 4.69) is 13.3 Å². The standard InChI is InChI=1S/C13H23F7O3Si/c1-5-6-7-8-9-10(14)11(15,16)12(17,18)13(19,20)24(21-2,22-3)23-4/h10H,5-9H2,1-4H3. The molecule has 0 amide bonds. The van der Waals surface area contributed by atoms with Gasteiger partial charge in [0.25, 0.3) is 0 Å². The summed E-state index contributed by atoms with van der Waals surface area (Å²) >= 11 is 0. The summed E-state index contributed by atoms with van der Waals surface area (Å²) in [5.74, 6) is -11.7. The van der Waals surface area contributed by atoms with Crippen molar-refractivity contribution in [2.75, 3.05) is 21.3 Å². The van der Waals surface area contributed by atoms with E-state index < -0.39 is 38.8 Å². The molecule has 0 saturated carbocycles. The summed E-state index contributed by atoms with van der Waals surface area (Å²) in [7, 11) is -3.80. The van der Waals surface area contributed by atoms with Crippen LogP contribution in [0.5, 0.6) is 0 Å². The molecule has 0 rings (SSSR count). The molecule has 0 aromatic heterocycles. The second-order valence-electron chi connectivity index (χ2n) is 5.26. The van der Waals surface area contributed by atoms with Gasteiger partial charge in [0.1, 0.15) is 0 Å². The Labute approximate surface area is 137 Å². The summed E-state index contributed by atoms with van der Waals surface area (Å²) in [5, 5.41) is 0. The van der Waals surface area contributed by atoms with Gasteiger partial charge in [-0.25, -0.2) is 4.39 Å². The molecule has 0 heterocycles. The van der Waals surface area contributed by atoms with Crippen LogP contribution in [0, 0.1) is 0 Å². The fourth-order valence-corrected chi connectivity index (χ4v) is 3.98. The van der Waals surface area contributed by atoms with Gasteiger partial charge in [-0.2, -0.15) is 26.3 Å². The number of alkyl halides is 7. The van der Waals surface area contributed by atoms with Crippen LogP contribution < -0.4 is 0 Å². The zero-order valence-corrected chi connectivity index (χ0v) is 15.0. The van der Waals surface area contributed by atoms with Crippen LogP contribution in [-0.2, 0) is 13.3 Å². The molecule has 0 aliphatic rings. The highest BCUT2D eigenvalue weighted by Crippen LogP contribution is 2.52. The summed E-state index contributed by atoms with van der Waals surface area (Å²) < 4.78 is 110. The number of halogens is 7. The van der Waals surface area contributed by atoms with E-state index in [0.717, 1.165) is 0 Å². The van der Waals surface area contributed by atoms with Crippen molar-refractivity contribution in [3.05, 3.63) is 0 Å². The van der Waals surface area contributed by atoms with Crippen molar-refractivity contribution in [2.24, 2.45) is 0 Å². The van der Waals surface area contributed by atoms with E-state index in [9.17, 15) is 30.7 Å². The maximum atomic E-state index is 14.1. The quantitative estimate of drug-likeness (QED) is 0.277. The van der Waals surface area contributed by atoms with E-state index in [0.29, 0.717) is 40.6 Å².